The Morgan fingerprint density at radius 2 is 1.67 bits per heavy atom. The van der Waals surface area contributed by atoms with Crippen molar-refractivity contribution in [3.63, 3.8) is 0 Å². The Bertz CT molecular complexity index is 426. The van der Waals surface area contributed by atoms with Gasteiger partial charge in [0.05, 0.1) is 6.42 Å². The number of hydrogen-bond acceptors (Lipinski definition) is 3. The molecule has 1 aromatic rings. The summed E-state index contributed by atoms with van der Waals surface area (Å²) in [5.74, 6) is -1.07. The number of nitrogens with zero attached hydrogens (tertiary/aromatic N) is 2. The van der Waals surface area contributed by atoms with Crippen molar-refractivity contribution in [1.82, 2.24) is 4.90 Å². The summed E-state index contributed by atoms with van der Waals surface area (Å²) in [5.41, 5.74) is 1.58. The van der Waals surface area contributed by atoms with Crippen molar-refractivity contribution in [3.05, 3.63) is 29.8 Å². The molecule has 98 valence electrons. The van der Waals surface area contributed by atoms with Gasteiger partial charge in [-0.15, -0.1) is 0 Å². The summed E-state index contributed by atoms with van der Waals surface area (Å²) >= 11 is 0. The fraction of sp³-hybridized carbons (Fsp3) is 0.385. The predicted molar refractivity (Wildman–Crippen MR) is 70.0 cm³/mol. The molecule has 1 rings (SSSR count). The van der Waals surface area contributed by atoms with E-state index >= 15 is 0 Å². The van der Waals surface area contributed by atoms with Crippen molar-refractivity contribution < 1.29 is 14.7 Å². The van der Waals surface area contributed by atoms with Gasteiger partial charge in [-0.05, 0) is 24.3 Å². The molecule has 0 unspecified atom stereocenters. The third-order valence-electron chi connectivity index (χ3n) is 2.64. The number of benzene rings is 1. The molecule has 1 aromatic carbocycles. The molecule has 0 saturated heterocycles. The van der Waals surface area contributed by atoms with Crippen LogP contribution in [-0.2, 0) is 4.79 Å². The highest BCUT2D eigenvalue weighted by atomic mass is 16.4. The molecule has 0 fully saturated rings. The minimum absolute atomic E-state index is 0.0436. The third kappa shape index (κ3) is 3.76. The fourth-order valence-electron chi connectivity index (χ4n) is 1.49. The summed E-state index contributed by atoms with van der Waals surface area (Å²) in [4.78, 5) is 25.8. The Hall–Kier alpha value is -2.04. The predicted octanol–water partition coefficient (Wildman–Crippen LogP) is 1.30. The first-order valence-electron chi connectivity index (χ1n) is 5.66. The van der Waals surface area contributed by atoms with Crippen LogP contribution in [0.5, 0.6) is 0 Å². The zero-order valence-corrected chi connectivity index (χ0v) is 10.9. The van der Waals surface area contributed by atoms with E-state index in [-0.39, 0.29) is 18.9 Å². The molecule has 1 N–H and O–H groups in total. The lowest BCUT2D eigenvalue weighted by molar-refractivity contribution is -0.137. The van der Waals surface area contributed by atoms with Gasteiger partial charge in [0.2, 0.25) is 0 Å². The highest BCUT2D eigenvalue weighted by Crippen LogP contribution is 2.13. The SMILES string of the molecule is CN(CCC(=O)O)C(=O)c1ccc(N(C)C)cc1. The van der Waals surface area contributed by atoms with Crippen LogP contribution in [0.15, 0.2) is 24.3 Å². The average Bonchev–Trinajstić information content (AvgIpc) is 2.35. The first kappa shape index (κ1) is 14.0. The van der Waals surface area contributed by atoms with Gasteiger partial charge in [0.25, 0.3) is 5.91 Å². The van der Waals surface area contributed by atoms with Crippen LogP contribution in [0.1, 0.15) is 16.8 Å². The average molecular weight is 250 g/mol. The number of carbonyl (C=O) groups is 2. The fourth-order valence-corrected chi connectivity index (χ4v) is 1.49. The summed E-state index contributed by atoms with van der Waals surface area (Å²) in [6, 6.07) is 7.21. The van der Waals surface area contributed by atoms with Crippen LogP contribution in [0.4, 0.5) is 5.69 Å². The van der Waals surface area contributed by atoms with Crippen LogP contribution < -0.4 is 4.90 Å². The van der Waals surface area contributed by atoms with Crippen LogP contribution in [-0.4, -0.2) is 49.6 Å². The maximum absolute atomic E-state index is 12.0. The van der Waals surface area contributed by atoms with E-state index in [1.165, 1.54) is 4.90 Å². The second kappa shape index (κ2) is 6.05. The minimum Gasteiger partial charge on any atom is -0.481 e. The van der Waals surface area contributed by atoms with Gasteiger partial charge in [0.15, 0.2) is 0 Å². The van der Waals surface area contributed by atoms with Crippen molar-refractivity contribution >= 4 is 17.6 Å². The van der Waals surface area contributed by atoms with Gasteiger partial charge in [0, 0.05) is 38.9 Å². The van der Waals surface area contributed by atoms with E-state index < -0.39 is 5.97 Å². The first-order valence-corrected chi connectivity index (χ1v) is 5.66. The van der Waals surface area contributed by atoms with Crippen LogP contribution in [0.2, 0.25) is 0 Å². The maximum Gasteiger partial charge on any atom is 0.305 e. The standard InChI is InChI=1S/C13H18N2O3/c1-14(2)11-6-4-10(5-7-11)13(18)15(3)9-8-12(16)17/h4-7H,8-9H2,1-3H3,(H,16,17). The first-order chi connectivity index (χ1) is 8.41. The molecule has 0 aliphatic heterocycles. The highest BCUT2D eigenvalue weighted by molar-refractivity contribution is 5.94. The van der Waals surface area contributed by atoms with Gasteiger partial charge in [0.1, 0.15) is 0 Å². The van der Waals surface area contributed by atoms with Crippen molar-refractivity contribution in [3.8, 4) is 0 Å². The molecule has 0 saturated carbocycles. The van der Waals surface area contributed by atoms with E-state index in [0.717, 1.165) is 5.69 Å². The van der Waals surface area contributed by atoms with Gasteiger partial charge in [-0.2, -0.15) is 0 Å². The van der Waals surface area contributed by atoms with Crippen LogP contribution >= 0.6 is 0 Å². The van der Waals surface area contributed by atoms with E-state index in [4.69, 9.17) is 5.11 Å². The highest BCUT2D eigenvalue weighted by Gasteiger charge is 2.12. The molecular weight excluding hydrogens is 232 g/mol. The third-order valence-corrected chi connectivity index (χ3v) is 2.64. The molecule has 0 heterocycles. The second-order valence-corrected chi connectivity index (χ2v) is 4.31. The Kier molecular flexibility index (Phi) is 4.71. The van der Waals surface area contributed by atoms with Gasteiger partial charge in [-0.3, -0.25) is 9.59 Å². The summed E-state index contributed by atoms with van der Waals surface area (Å²) < 4.78 is 0. The van der Waals surface area contributed by atoms with E-state index in [1.807, 2.05) is 31.1 Å². The molecule has 0 atom stereocenters. The lowest BCUT2D eigenvalue weighted by Gasteiger charge is -2.17. The largest absolute Gasteiger partial charge is 0.481 e. The Morgan fingerprint density at radius 3 is 2.11 bits per heavy atom. The van der Waals surface area contributed by atoms with E-state index in [0.29, 0.717) is 5.56 Å². The van der Waals surface area contributed by atoms with Gasteiger partial charge < -0.3 is 14.9 Å². The summed E-state index contributed by atoms with van der Waals surface area (Å²) in [6.45, 7) is 0.212. The van der Waals surface area contributed by atoms with Gasteiger partial charge >= 0.3 is 5.97 Å². The molecule has 1 amide bonds. The van der Waals surface area contributed by atoms with Gasteiger partial charge in [-0.25, -0.2) is 0 Å². The van der Waals surface area contributed by atoms with E-state index in [1.54, 1.807) is 19.2 Å². The molecule has 5 heteroatoms. The zero-order valence-electron chi connectivity index (χ0n) is 10.9. The van der Waals surface area contributed by atoms with Crippen LogP contribution in [0, 0.1) is 0 Å². The molecule has 0 aliphatic carbocycles. The smallest absolute Gasteiger partial charge is 0.305 e. The van der Waals surface area contributed by atoms with Crippen LogP contribution in [0.3, 0.4) is 0 Å². The number of rotatable bonds is 5. The topological polar surface area (TPSA) is 60.9 Å². The Morgan fingerprint density at radius 1 is 1.11 bits per heavy atom. The molecule has 5 nitrogen and oxygen atoms in total. The molecule has 0 bridgehead atoms. The molecular formula is C13H18N2O3. The van der Waals surface area contributed by atoms with E-state index in [2.05, 4.69) is 0 Å². The summed E-state index contributed by atoms with van der Waals surface area (Å²) in [6.07, 6.45) is -0.0436. The number of carbonyl (C=O) groups excluding carboxylic acids is 1. The molecule has 0 aromatic heterocycles. The normalized spacial score (nSPS) is 9.94. The Labute approximate surface area is 107 Å². The van der Waals surface area contributed by atoms with E-state index in [9.17, 15) is 9.59 Å². The summed E-state index contributed by atoms with van der Waals surface area (Å²) in [7, 11) is 5.46. The van der Waals surface area contributed by atoms with Crippen molar-refractivity contribution in [2.45, 2.75) is 6.42 Å². The molecule has 0 radical (unpaired) electrons. The number of carboxylic acid groups (broad SMARTS) is 1. The number of carboxylic acids is 1. The maximum atomic E-state index is 12.0. The molecule has 18 heavy (non-hydrogen) atoms. The van der Waals surface area contributed by atoms with Crippen molar-refractivity contribution in [2.24, 2.45) is 0 Å². The molecule has 0 aliphatic rings. The number of hydrogen-bond donors (Lipinski definition) is 1. The second-order valence-electron chi connectivity index (χ2n) is 4.31. The molecule has 0 spiro atoms. The minimum atomic E-state index is -0.905. The summed E-state index contributed by atoms with van der Waals surface area (Å²) in [5, 5.41) is 8.57. The quantitative estimate of drug-likeness (QED) is 0.855. The number of aliphatic carboxylic acids is 1. The Balaban J connectivity index is 2.68. The lowest BCUT2D eigenvalue weighted by atomic mass is 10.1. The van der Waals surface area contributed by atoms with Crippen molar-refractivity contribution in [1.29, 1.82) is 0 Å². The zero-order chi connectivity index (χ0) is 13.7. The van der Waals surface area contributed by atoms with Crippen molar-refractivity contribution in [2.75, 3.05) is 32.6 Å². The number of amides is 1. The van der Waals surface area contributed by atoms with Crippen LogP contribution in [0.25, 0.3) is 0 Å². The number of anilines is 1. The lowest BCUT2D eigenvalue weighted by Crippen LogP contribution is -2.29. The van der Waals surface area contributed by atoms with Gasteiger partial charge in [-0.1, -0.05) is 0 Å². The monoisotopic (exact) mass is 250 g/mol.